The Morgan fingerprint density at radius 3 is 2.76 bits per heavy atom. The van der Waals surface area contributed by atoms with E-state index in [1.54, 1.807) is 4.90 Å². The molecule has 7 nitrogen and oxygen atoms in total. The van der Waals surface area contributed by atoms with Crippen LogP contribution >= 0.6 is 0 Å². The normalized spacial score (nSPS) is 19.2. The maximum absolute atomic E-state index is 12.2. The molecule has 1 saturated heterocycles. The Balaban J connectivity index is 1.61. The van der Waals surface area contributed by atoms with Gasteiger partial charge in [-0.05, 0) is 25.2 Å². The maximum atomic E-state index is 12.2. The van der Waals surface area contributed by atoms with Crippen molar-refractivity contribution < 1.29 is 14.1 Å². The Hall–Kier alpha value is -1.92. The predicted molar refractivity (Wildman–Crippen MR) is 73.1 cm³/mol. The molecule has 0 N–H and O–H groups in total. The summed E-state index contributed by atoms with van der Waals surface area (Å²) in [7, 11) is 0. The van der Waals surface area contributed by atoms with Crippen LogP contribution in [0.25, 0.3) is 0 Å². The lowest BCUT2D eigenvalue weighted by atomic mass is 10.1. The number of carbonyl (C=O) groups is 2. The molecule has 3 amide bonds. The smallest absolute Gasteiger partial charge is 0.327 e. The third kappa shape index (κ3) is 3.06. The fourth-order valence-corrected chi connectivity index (χ4v) is 2.40. The fourth-order valence-electron chi connectivity index (χ4n) is 2.40. The summed E-state index contributed by atoms with van der Waals surface area (Å²) in [5.41, 5.74) is 0. The van der Waals surface area contributed by atoms with Crippen molar-refractivity contribution in [2.24, 2.45) is 5.92 Å². The third-order valence-electron chi connectivity index (χ3n) is 3.82. The Kier molecular flexibility index (Phi) is 3.65. The van der Waals surface area contributed by atoms with Crippen LogP contribution in [0.15, 0.2) is 4.52 Å². The largest absolute Gasteiger partial charge is 0.337 e. The van der Waals surface area contributed by atoms with Crippen LogP contribution in [0.5, 0.6) is 0 Å². The second-order valence-electron chi connectivity index (χ2n) is 6.16. The lowest BCUT2D eigenvalue weighted by molar-refractivity contribution is -0.126. The monoisotopic (exact) mass is 292 g/mol. The topological polar surface area (TPSA) is 79.5 Å². The van der Waals surface area contributed by atoms with E-state index in [0.29, 0.717) is 17.6 Å². The second-order valence-corrected chi connectivity index (χ2v) is 6.16. The van der Waals surface area contributed by atoms with Gasteiger partial charge in [0.2, 0.25) is 5.89 Å². The minimum absolute atomic E-state index is 0.0789. The number of hydrogen-bond acceptors (Lipinski definition) is 5. The highest BCUT2D eigenvalue weighted by Gasteiger charge is 2.44. The summed E-state index contributed by atoms with van der Waals surface area (Å²) in [4.78, 5) is 31.2. The van der Waals surface area contributed by atoms with Crippen LogP contribution in [0, 0.1) is 5.92 Å². The van der Waals surface area contributed by atoms with Crippen LogP contribution in [-0.2, 0) is 17.8 Å². The van der Waals surface area contributed by atoms with Crippen molar-refractivity contribution in [3.63, 3.8) is 0 Å². The van der Waals surface area contributed by atoms with E-state index in [4.69, 9.17) is 4.52 Å². The lowest BCUT2D eigenvalue weighted by Crippen LogP contribution is -2.33. The van der Waals surface area contributed by atoms with Gasteiger partial charge >= 0.3 is 6.03 Å². The molecular weight excluding hydrogens is 272 g/mol. The van der Waals surface area contributed by atoms with Gasteiger partial charge in [0.15, 0.2) is 5.82 Å². The van der Waals surface area contributed by atoms with Gasteiger partial charge in [-0.15, -0.1) is 0 Å². The molecule has 21 heavy (non-hydrogen) atoms. The average molecular weight is 292 g/mol. The van der Waals surface area contributed by atoms with Gasteiger partial charge in [0.25, 0.3) is 5.91 Å². The van der Waals surface area contributed by atoms with Crippen LogP contribution in [-0.4, -0.2) is 44.5 Å². The van der Waals surface area contributed by atoms with Gasteiger partial charge in [0, 0.05) is 12.5 Å². The molecular formula is C14H20N4O3. The van der Waals surface area contributed by atoms with Gasteiger partial charge in [-0.3, -0.25) is 9.69 Å². The van der Waals surface area contributed by atoms with E-state index in [0.717, 1.165) is 25.7 Å². The van der Waals surface area contributed by atoms with Crippen LogP contribution in [0.2, 0.25) is 0 Å². The zero-order chi connectivity index (χ0) is 15.0. The average Bonchev–Trinajstić information content (AvgIpc) is 3.12. The van der Waals surface area contributed by atoms with E-state index in [9.17, 15) is 9.59 Å². The Morgan fingerprint density at radius 2 is 2.10 bits per heavy atom. The highest BCUT2D eigenvalue weighted by atomic mass is 16.5. The molecule has 1 saturated carbocycles. The summed E-state index contributed by atoms with van der Waals surface area (Å²) >= 11 is 0. The number of imide groups is 1. The molecule has 1 aromatic rings. The first-order valence-corrected chi connectivity index (χ1v) is 7.47. The van der Waals surface area contributed by atoms with Gasteiger partial charge in [0.05, 0.1) is 0 Å². The quantitative estimate of drug-likeness (QED) is 0.744. The highest BCUT2D eigenvalue weighted by molar-refractivity contribution is 6.02. The van der Waals surface area contributed by atoms with Crippen molar-refractivity contribution in [1.82, 2.24) is 19.9 Å². The SMILES string of the molecule is CC(C)CCc1noc(CN2C(=O)CN(C3CC3)C2=O)n1. The third-order valence-corrected chi connectivity index (χ3v) is 3.82. The predicted octanol–water partition coefficient (Wildman–Crippen LogP) is 1.58. The minimum atomic E-state index is -0.232. The molecule has 0 aromatic carbocycles. The molecule has 0 unspecified atom stereocenters. The first-order chi connectivity index (χ1) is 10.0. The highest BCUT2D eigenvalue weighted by Crippen LogP contribution is 2.30. The fraction of sp³-hybridized carbons (Fsp3) is 0.714. The van der Waals surface area contributed by atoms with Crippen LogP contribution in [0.4, 0.5) is 4.79 Å². The van der Waals surface area contributed by atoms with Gasteiger partial charge in [-0.1, -0.05) is 19.0 Å². The first-order valence-electron chi connectivity index (χ1n) is 7.47. The van der Waals surface area contributed by atoms with E-state index in [-0.39, 0.29) is 31.1 Å². The number of aromatic nitrogens is 2. The Morgan fingerprint density at radius 1 is 1.33 bits per heavy atom. The number of hydrogen-bond donors (Lipinski definition) is 0. The van der Waals surface area contributed by atoms with Gasteiger partial charge in [-0.2, -0.15) is 4.98 Å². The minimum Gasteiger partial charge on any atom is -0.337 e. The first kappa shape index (κ1) is 14.0. The summed E-state index contributed by atoms with van der Waals surface area (Å²) in [6.07, 6.45) is 3.72. The molecule has 7 heteroatoms. The number of carbonyl (C=O) groups excluding carboxylic acids is 2. The molecule has 0 atom stereocenters. The Bertz CT molecular complexity index is 550. The summed E-state index contributed by atoms with van der Waals surface area (Å²) in [6, 6.07) is 0.0140. The number of aryl methyl sites for hydroxylation is 1. The molecule has 1 aromatic heterocycles. The van der Waals surface area contributed by atoms with Crippen molar-refractivity contribution >= 4 is 11.9 Å². The van der Waals surface area contributed by atoms with Gasteiger partial charge in [-0.25, -0.2) is 4.79 Å². The summed E-state index contributed by atoms with van der Waals surface area (Å²) in [5.74, 6) is 1.35. The molecule has 114 valence electrons. The van der Waals surface area contributed by atoms with Crippen molar-refractivity contribution in [2.75, 3.05) is 6.54 Å². The number of nitrogens with zero attached hydrogens (tertiary/aromatic N) is 4. The summed E-state index contributed by atoms with van der Waals surface area (Å²) in [5, 5.41) is 3.90. The van der Waals surface area contributed by atoms with E-state index in [2.05, 4.69) is 24.0 Å². The molecule has 2 heterocycles. The second kappa shape index (κ2) is 5.46. The molecule has 3 rings (SSSR count). The zero-order valence-electron chi connectivity index (χ0n) is 12.4. The van der Waals surface area contributed by atoms with E-state index in [1.165, 1.54) is 4.90 Å². The maximum Gasteiger partial charge on any atom is 0.327 e. The summed E-state index contributed by atoms with van der Waals surface area (Å²) in [6.45, 7) is 4.53. The van der Waals surface area contributed by atoms with Gasteiger partial charge in [0.1, 0.15) is 13.1 Å². The zero-order valence-corrected chi connectivity index (χ0v) is 12.4. The van der Waals surface area contributed by atoms with Crippen LogP contribution in [0.1, 0.15) is 44.8 Å². The standard InChI is InChI=1S/C14H20N4O3/c1-9(2)3-6-11-15-12(21-16-11)7-18-13(19)8-17(14(18)20)10-4-5-10/h9-10H,3-8H2,1-2H3. The molecule has 2 fully saturated rings. The van der Waals surface area contributed by atoms with Gasteiger partial charge < -0.3 is 9.42 Å². The molecule has 2 aliphatic rings. The number of rotatable bonds is 6. The molecule has 1 aliphatic heterocycles. The number of amides is 3. The summed E-state index contributed by atoms with van der Waals surface area (Å²) < 4.78 is 5.14. The molecule has 0 spiro atoms. The molecule has 1 aliphatic carbocycles. The molecule has 0 radical (unpaired) electrons. The van der Waals surface area contributed by atoms with E-state index < -0.39 is 0 Å². The lowest BCUT2D eigenvalue weighted by Gasteiger charge is -2.14. The van der Waals surface area contributed by atoms with Crippen molar-refractivity contribution in [1.29, 1.82) is 0 Å². The van der Waals surface area contributed by atoms with Crippen molar-refractivity contribution in [2.45, 2.75) is 52.1 Å². The van der Waals surface area contributed by atoms with E-state index in [1.807, 2.05) is 0 Å². The number of urea groups is 1. The van der Waals surface area contributed by atoms with Crippen LogP contribution < -0.4 is 0 Å². The Labute approximate surface area is 123 Å². The van der Waals surface area contributed by atoms with Crippen LogP contribution in [0.3, 0.4) is 0 Å². The molecule has 0 bridgehead atoms. The van der Waals surface area contributed by atoms with Crippen molar-refractivity contribution in [3.8, 4) is 0 Å². The van der Waals surface area contributed by atoms with Crippen molar-refractivity contribution in [3.05, 3.63) is 11.7 Å². The van der Waals surface area contributed by atoms with E-state index >= 15 is 0 Å².